The van der Waals surface area contributed by atoms with E-state index in [4.69, 9.17) is 9.31 Å². The molecule has 0 aliphatic carbocycles. The molecule has 2 aliphatic rings. The molecule has 0 radical (unpaired) electrons. The third-order valence-electron chi connectivity index (χ3n) is 5.48. The number of carbonyl (C=O) groups is 1. The first kappa shape index (κ1) is 17.3. The van der Waals surface area contributed by atoms with Crippen LogP contribution in [0.3, 0.4) is 0 Å². The minimum Gasteiger partial charge on any atom is -0.399 e. The van der Waals surface area contributed by atoms with Crippen molar-refractivity contribution in [1.82, 2.24) is 4.90 Å². The molecule has 1 aromatic rings. The summed E-state index contributed by atoms with van der Waals surface area (Å²) in [4.78, 5) is 14.1. The van der Waals surface area contributed by atoms with Gasteiger partial charge in [-0.05, 0) is 57.6 Å². The van der Waals surface area contributed by atoms with Gasteiger partial charge in [-0.1, -0.05) is 19.1 Å². The van der Waals surface area contributed by atoms with Crippen LogP contribution in [-0.2, 0) is 9.31 Å². The first-order valence-electron chi connectivity index (χ1n) is 8.62. The zero-order valence-corrected chi connectivity index (χ0v) is 15.5. The molecule has 6 heteroatoms. The number of hydrogen-bond acceptors (Lipinski definition) is 3. The minimum absolute atomic E-state index is 0.0396. The van der Waals surface area contributed by atoms with Gasteiger partial charge in [-0.15, -0.1) is 0 Å². The van der Waals surface area contributed by atoms with E-state index in [0.717, 1.165) is 29.8 Å². The molecule has 5 nitrogen and oxygen atoms in total. The normalized spacial score (nSPS) is 22.4. The van der Waals surface area contributed by atoms with Crippen molar-refractivity contribution in [1.29, 1.82) is 0 Å². The smallest absolute Gasteiger partial charge is 0.399 e. The van der Waals surface area contributed by atoms with Gasteiger partial charge in [0.1, 0.15) is 0 Å². The Morgan fingerprint density at radius 2 is 1.79 bits per heavy atom. The Kier molecular flexibility index (Phi) is 4.17. The molecule has 1 aromatic carbocycles. The van der Waals surface area contributed by atoms with Crippen molar-refractivity contribution in [2.24, 2.45) is 5.92 Å². The molecule has 1 N–H and O–H groups in total. The molecule has 130 valence electrons. The molecule has 0 aromatic heterocycles. The van der Waals surface area contributed by atoms with Gasteiger partial charge in [-0.2, -0.15) is 0 Å². The zero-order chi connectivity index (χ0) is 17.7. The van der Waals surface area contributed by atoms with Crippen LogP contribution in [0.1, 0.15) is 40.2 Å². The van der Waals surface area contributed by atoms with Crippen LogP contribution in [0.15, 0.2) is 18.2 Å². The van der Waals surface area contributed by atoms with Crippen LogP contribution in [-0.4, -0.2) is 42.3 Å². The van der Waals surface area contributed by atoms with E-state index < -0.39 is 7.12 Å². The van der Waals surface area contributed by atoms with Crippen LogP contribution < -0.4 is 10.8 Å². The molecule has 0 spiro atoms. The van der Waals surface area contributed by atoms with E-state index in [1.54, 1.807) is 0 Å². The maximum atomic E-state index is 12.3. The van der Waals surface area contributed by atoms with Crippen molar-refractivity contribution >= 4 is 24.3 Å². The fraction of sp³-hybridized carbons (Fsp3) is 0.611. The second kappa shape index (κ2) is 5.78. The third kappa shape index (κ3) is 2.93. The van der Waals surface area contributed by atoms with Gasteiger partial charge < -0.3 is 19.5 Å². The Hall–Kier alpha value is -1.53. The number of benzene rings is 1. The fourth-order valence-electron chi connectivity index (χ4n) is 3.07. The molecule has 2 heterocycles. The summed E-state index contributed by atoms with van der Waals surface area (Å²) < 4.78 is 12.3. The van der Waals surface area contributed by atoms with Crippen molar-refractivity contribution in [3.05, 3.63) is 23.8 Å². The number of nitrogens with zero attached hydrogens (tertiary/aromatic N) is 1. The largest absolute Gasteiger partial charge is 0.495 e. The second-order valence-corrected chi connectivity index (χ2v) is 8.05. The van der Waals surface area contributed by atoms with Gasteiger partial charge in [0, 0.05) is 18.8 Å². The lowest BCUT2D eigenvalue weighted by molar-refractivity contribution is 0.00578. The first-order chi connectivity index (χ1) is 11.1. The summed E-state index contributed by atoms with van der Waals surface area (Å²) in [6, 6.07) is 5.81. The molecule has 3 rings (SSSR count). The highest BCUT2D eigenvalue weighted by molar-refractivity contribution is 6.62. The van der Waals surface area contributed by atoms with E-state index in [2.05, 4.69) is 12.2 Å². The van der Waals surface area contributed by atoms with Crippen molar-refractivity contribution < 1.29 is 14.1 Å². The number of rotatable bonds is 2. The highest BCUT2D eigenvalue weighted by atomic mass is 16.7. The second-order valence-electron chi connectivity index (χ2n) is 8.05. The van der Waals surface area contributed by atoms with Crippen molar-refractivity contribution in [3.63, 3.8) is 0 Å². The predicted molar refractivity (Wildman–Crippen MR) is 96.7 cm³/mol. The monoisotopic (exact) mass is 330 g/mol. The summed E-state index contributed by atoms with van der Waals surface area (Å²) in [5.74, 6) is 0.591. The standard InChI is InChI=1S/C18H27BN2O3/c1-12-10-21(11-12)16(22)20-15-9-7-8-14(13(15)2)19-23-17(3,4)18(5,6)24-19/h7-9,12H,10-11H2,1-6H3,(H,20,22). The SMILES string of the molecule is Cc1c(NC(=O)N2CC(C)C2)cccc1B1OC(C)(C)C(C)(C)O1. The summed E-state index contributed by atoms with van der Waals surface area (Å²) in [6.45, 7) is 13.9. The Bertz CT molecular complexity index is 638. The lowest BCUT2D eigenvalue weighted by Crippen LogP contribution is -2.50. The molecule has 0 saturated carbocycles. The topological polar surface area (TPSA) is 50.8 Å². The zero-order valence-electron chi connectivity index (χ0n) is 15.5. The van der Waals surface area contributed by atoms with E-state index in [1.807, 2.05) is 57.7 Å². The summed E-state index contributed by atoms with van der Waals surface area (Å²) in [6.07, 6.45) is 0. The van der Waals surface area contributed by atoms with Crippen molar-refractivity contribution in [2.75, 3.05) is 18.4 Å². The van der Waals surface area contributed by atoms with Crippen LogP contribution in [0, 0.1) is 12.8 Å². The summed E-state index contributed by atoms with van der Waals surface area (Å²) in [5, 5.41) is 3.01. The maximum Gasteiger partial charge on any atom is 0.495 e. The number of urea groups is 1. The van der Waals surface area contributed by atoms with E-state index in [0.29, 0.717) is 5.92 Å². The average molecular weight is 330 g/mol. The molecule has 2 amide bonds. The van der Waals surface area contributed by atoms with Gasteiger partial charge in [0.15, 0.2) is 0 Å². The van der Waals surface area contributed by atoms with Crippen LogP contribution in [0.5, 0.6) is 0 Å². The number of nitrogens with one attached hydrogen (secondary N) is 1. The Morgan fingerprint density at radius 1 is 1.21 bits per heavy atom. The van der Waals surface area contributed by atoms with Crippen molar-refractivity contribution in [3.8, 4) is 0 Å². The molecular formula is C18H27BN2O3. The highest BCUT2D eigenvalue weighted by Gasteiger charge is 2.52. The van der Waals surface area contributed by atoms with Gasteiger partial charge in [0.05, 0.1) is 11.2 Å². The van der Waals surface area contributed by atoms with Gasteiger partial charge >= 0.3 is 13.1 Å². The number of carbonyl (C=O) groups excluding carboxylic acids is 1. The van der Waals surface area contributed by atoms with Gasteiger partial charge in [-0.3, -0.25) is 0 Å². The van der Waals surface area contributed by atoms with E-state index in [1.165, 1.54) is 0 Å². The fourth-order valence-corrected chi connectivity index (χ4v) is 3.07. The highest BCUT2D eigenvalue weighted by Crippen LogP contribution is 2.37. The number of amides is 2. The Labute approximate surface area is 144 Å². The van der Waals surface area contributed by atoms with Gasteiger partial charge in [-0.25, -0.2) is 4.79 Å². The summed E-state index contributed by atoms with van der Waals surface area (Å²) in [7, 11) is -0.420. The molecule has 2 aliphatic heterocycles. The quantitative estimate of drug-likeness (QED) is 0.849. The van der Waals surface area contributed by atoms with Gasteiger partial charge in [0.2, 0.25) is 0 Å². The Balaban J connectivity index is 1.78. The van der Waals surface area contributed by atoms with Crippen LogP contribution in [0.4, 0.5) is 10.5 Å². The van der Waals surface area contributed by atoms with Crippen LogP contribution >= 0.6 is 0 Å². The number of hydrogen-bond donors (Lipinski definition) is 1. The number of likely N-dealkylation sites (tertiary alicyclic amines) is 1. The van der Waals surface area contributed by atoms with Crippen LogP contribution in [0.25, 0.3) is 0 Å². The Morgan fingerprint density at radius 3 is 2.33 bits per heavy atom. The average Bonchev–Trinajstić information content (AvgIpc) is 2.66. The molecule has 0 bridgehead atoms. The lowest BCUT2D eigenvalue weighted by atomic mass is 9.76. The summed E-state index contributed by atoms with van der Waals surface area (Å²) in [5.41, 5.74) is 2.00. The lowest BCUT2D eigenvalue weighted by Gasteiger charge is -2.37. The minimum atomic E-state index is -0.420. The summed E-state index contributed by atoms with van der Waals surface area (Å²) >= 11 is 0. The van der Waals surface area contributed by atoms with E-state index in [-0.39, 0.29) is 17.2 Å². The molecular weight excluding hydrogens is 303 g/mol. The molecule has 24 heavy (non-hydrogen) atoms. The number of anilines is 1. The molecule has 0 atom stereocenters. The third-order valence-corrected chi connectivity index (χ3v) is 5.48. The van der Waals surface area contributed by atoms with Crippen LogP contribution in [0.2, 0.25) is 0 Å². The molecule has 2 saturated heterocycles. The maximum absolute atomic E-state index is 12.3. The van der Waals surface area contributed by atoms with E-state index >= 15 is 0 Å². The molecule has 2 fully saturated rings. The molecule has 0 unspecified atom stereocenters. The first-order valence-corrected chi connectivity index (χ1v) is 8.62. The van der Waals surface area contributed by atoms with Gasteiger partial charge in [0.25, 0.3) is 0 Å². The van der Waals surface area contributed by atoms with E-state index in [9.17, 15) is 4.79 Å². The predicted octanol–water partition coefficient (Wildman–Crippen LogP) is 2.78. The van der Waals surface area contributed by atoms with Crippen molar-refractivity contribution in [2.45, 2.75) is 52.7 Å².